The molecule has 0 aromatic carbocycles. The Kier molecular flexibility index (Phi) is 27.7. The Bertz CT molecular complexity index is 1150. The van der Waals surface area contributed by atoms with Gasteiger partial charge in [0.15, 0.2) is 12.6 Å². The first kappa shape index (κ1) is 51.1. The Morgan fingerprint density at radius 3 is 1.72 bits per heavy atom. The maximum atomic E-state index is 13.0. The van der Waals surface area contributed by atoms with Crippen LogP contribution in [-0.2, 0) is 23.7 Å². The fraction of sp³-hybridized carbons (Fsp3) is 0.791. The number of carbonyl (C=O) groups is 1. The van der Waals surface area contributed by atoms with Crippen molar-refractivity contribution in [2.45, 2.75) is 197 Å². The molecule has 0 saturated carbocycles. The minimum Gasteiger partial charge on any atom is -0.394 e. The summed E-state index contributed by atoms with van der Waals surface area (Å²) in [7, 11) is 0. The Balaban J connectivity index is 1.97. The topological polar surface area (TPSA) is 228 Å². The van der Waals surface area contributed by atoms with E-state index in [0.717, 1.165) is 64.2 Å². The Morgan fingerprint density at radius 2 is 1.12 bits per heavy atom. The minimum absolute atomic E-state index is 0.257. The first-order valence-electron chi connectivity index (χ1n) is 21.4. The van der Waals surface area contributed by atoms with Crippen molar-refractivity contribution >= 4 is 5.91 Å². The van der Waals surface area contributed by atoms with Crippen LogP contribution >= 0.6 is 0 Å². The Morgan fingerprint density at radius 1 is 0.614 bits per heavy atom. The van der Waals surface area contributed by atoms with E-state index in [1.807, 2.05) is 6.08 Å². The monoisotopic (exact) mass is 814 g/mol. The van der Waals surface area contributed by atoms with E-state index in [1.165, 1.54) is 25.7 Å². The van der Waals surface area contributed by atoms with Gasteiger partial charge < -0.3 is 65.1 Å². The second-order valence-corrected chi connectivity index (χ2v) is 15.1. The van der Waals surface area contributed by atoms with E-state index in [-0.39, 0.29) is 18.9 Å². The molecule has 0 aliphatic carbocycles. The summed E-state index contributed by atoms with van der Waals surface area (Å²) in [6.45, 7) is 2.61. The van der Waals surface area contributed by atoms with Gasteiger partial charge in [-0.2, -0.15) is 0 Å². The van der Waals surface area contributed by atoms with E-state index in [0.29, 0.717) is 12.8 Å². The molecule has 14 nitrogen and oxygen atoms in total. The van der Waals surface area contributed by atoms with Crippen molar-refractivity contribution in [3.8, 4) is 0 Å². The lowest BCUT2D eigenvalue weighted by molar-refractivity contribution is -0.359. The summed E-state index contributed by atoms with van der Waals surface area (Å²) in [6.07, 6.45) is 16.0. The number of hydrogen-bond acceptors (Lipinski definition) is 13. The number of aliphatic hydroxyl groups excluding tert-OH is 8. The molecule has 2 fully saturated rings. The zero-order valence-electron chi connectivity index (χ0n) is 34.3. The highest BCUT2D eigenvalue weighted by Gasteiger charge is 2.50. The quantitative estimate of drug-likeness (QED) is 0.0375. The number of hydrogen-bond donors (Lipinski definition) is 9. The highest BCUT2D eigenvalue weighted by atomic mass is 16.7. The summed E-state index contributed by atoms with van der Waals surface area (Å²) in [5, 5.41) is 86.2. The van der Waals surface area contributed by atoms with Crippen molar-refractivity contribution in [2.75, 3.05) is 19.8 Å². The van der Waals surface area contributed by atoms with Crippen LogP contribution in [-0.4, -0.2) is 140 Å². The zero-order valence-corrected chi connectivity index (χ0v) is 34.3. The molecule has 1 amide bonds. The smallest absolute Gasteiger partial charge is 0.220 e. The molecule has 12 unspecified atom stereocenters. The van der Waals surface area contributed by atoms with Crippen LogP contribution in [0.1, 0.15) is 123 Å². The van der Waals surface area contributed by atoms with Crippen molar-refractivity contribution in [3.63, 3.8) is 0 Å². The molecule has 57 heavy (non-hydrogen) atoms. The van der Waals surface area contributed by atoms with Crippen LogP contribution in [0, 0.1) is 0 Å². The third-order valence-electron chi connectivity index (χ3n) is 10.2. The van der Waals surface area contributed by atoms with Crippen LogP contribution in [0.2, 0.25) is 0 Å². The van der Waals surface area contributed by atoms with Crippen molar-refractivity contribution in [2.24, 2.45) is 0 Å². The van der Waals surface area contributed by atoms with E-state index in [2.05, 4.69) is 55.6 Å². The summed E-state index contributed by atoms with van der Waals surface area (Å²) in [4.78, 5) is 13.0. The molecule has 330 valence electrons. The number of allylic oxidation sites excluding steroid dienone is 7. The molecule has 2 rings (SSSR count). The molecule has 2 saturated heterocycles. The number of rotatable bonds is 30. The van der Waals surface area contributed by atoms with E-state index in [4.69, 9.17) is 18.9 Å². The van der Waals surface area contributed by atoms with Gasteiger partial charge in [0, 0.05) is 6.42 Å². The van der Waals surface area contributed by atoms with Gasteiger partial charge in [-0.1, -0.05) is 107 Å². The summed E-state index contributed by atoms with van der Waals surface area (Å²) < 4.78 is 22.5. The second kappa shape index (κ2) is 30.9. The van der Waals surface area contributed by atoms with Crippen LogP contribution in [0.3, 0.4) is 0 Å². The van der Waals surface area contributed by atoms with Gasteiger partial charge in [-0.15, -0.1) is 0 Å². The molecule has 9 N–H and O–H groups in total. The lowest BCUT2D eigenvalue weighted by atomic mass is 9.97. The number of unbranched alkanes of at least 4 members (excludes halogenated alkanes) is 11. The normalized spacial score (nSPS) is 29.6. The van der Waals surface area contributed by atoms with Crippen molar-refractivity contribution in [1.29, 1.82) is 0 Å². The van der Waals surface area contributed by atoms with E-state index in [9.17, 15) is 45.6 Å². The van der Waals surface area contributed by atoms with Crippen molar-refractivity contribution in [3.05, 3.63) is 48.6 Å². The van der Waals surface area contributed by atoms with Gasteiger partial charge >= 0.3 is 0 Å². The Labute approximate surface area is 340 Å². The van der Waals surface area contributed by atoms with Gasteiger partial charge in [-0.25, -0.2) is 0 Å². The van der Waals surface area contributed by atoms with Gasteiger partial charge in [0.1, 0.15) is 48.8 Å². The van der Waals surface area contributed by atoms with Crippen molar-refractivity contribution in [1.82, 2.24) is 5.32 Å². The van der Waals surface area contributed by atoms with Crippen LogP contribution in [0.25, 0.3) is 0 Å². The number of amides is 1. The first-order chi connectivity index (χ1) is 27.6. The molecule has 2 heterocycles. The lowest BCUT2D eigenvalue weighted by Gasteiger charge is -2.46. The zero-order chi connectivity index (χ0) is 41.8. The highest BCUT2D eigenvalue weighted by Crippen LogP contribution is 2.29. The fourth-order valence-electron chi connectivity index (χ4n) is 6.58. The second-order valence-electron chi connectivity index (χ2n) is 15.1. The summed E-state index contributed by atoms with van der Waals surface area (Å²) in [5.41, 5.74) is 0. The predicted octanol–water partition coefficient (Wildman–Crippen LogP) is 3.37. The molecular formula is C43H75NO13. The summed E-state index contributed by atoms with van der Waals surface area (Å²) in [6, 6.07) is -0.938. The number of carbonyl (C=O) groups excluding carboxylic acids is 1. The van der Waals surface area contributed by atoms with E-state index < -0.39 is 86.8 Å². The Hall–Kier alpha value is -2.05. The molecule has 0 spiro atoms. The molecule has 2 aliphatic heterocycles. The van der Waals surface area contributed by atoms with Crippen molar-refractivity contribution < 1.29 is 64.6 Å². The highest BCUT2D eigenvalue weighted by molar-refractivity contribution is 5.76. The molecule has 0 bridgehead atoms. The van der Waals surface area contributed by atoms with E-state index in [1.54, 1.807) is 6.08 Å². The average Bonchev–Trinajstić information content (AvgIpc) is 3.21. The van der Waals surface area contributed by atoms with Crippen LogP contribution in [0.15, 0.2) is 48.6 Å². The van der Waals surface area contributed by atoms with Gasteiger partial charge in [0.25, 0.3) is 0 Å². The molecule has 2 aliphatic rings. The lowest BCUT2D eigenvalue weighted by Crippen LogP contribution is -2.65. The maximum absolute atomic E-state index is 13.0. The third kappa shape index (κ3) is 19.7. The molecule has 0 aromatic rings. The number of nitrogens with one attached hydrogen (secondary N) is 1. The van der Waals surface area contributed by atoms with Gasteiger partial charge in [0.2, 0.25) is 5.91 Å². The van der Waals surface area contributed by atoms with Crippen LogP contribution < -0.4 is 5.32 Å². The molecule has 12 atom stereocenters. The molecule has 0 radical (unpaired) electrons. The van der Waals surface area contributed by atoms with E-state index >= 15 is 0 Å². The first-order valence-corrected chi connectivity index (χ1v) is 21.4. The van der Waals surface area contributed by atoms with Crippen LogP contribution in [0.5, 0.6) is 0 Å². The van der Waals surface area contributed by atoms with Gasteiger partial charge in [0.05, 0.1) is 32.0 Å². The maximum Gasteiger partial charge on any atom is 0.220 e. The standard InChI is InChI=1S/C43H75NO13/c1-3-5-7-9-11-13-15-17-18-20-22-24-26-32(47)31(44-35(48)27-25-23-21-19-16-14-12-10-8-6-4-2)30-54-42-40(53)38(51)41(34(29-46)56-42)57-43-39(52)37(50)36(49)33(28-45)55-43/h9-12,17-18,24,26,31-34,36-43,45-47,49-53H,3-8,13-16,19-23,25,27-30H2,1-2H3,(H,44,48)/b11-9+,12-10-,18-17+,26-24+. The van der Waals surface area contributed by atoms with Crippen LogP contribution in [0.4, 0.5) is 0 Å². The molecule has 14 heteroatoms. The largest absolute Gasteiger partial charge is 0.394 e. The number of ether oxygens (including phenoxy) is 4. The average molecular weight is 814 g/mol. The van der Waals surface area contributed by atoms with Gasteiger partial charge in [-0.05, 0) is 57.8 Å². The molecular weight excluding hydrogens is 738 g/mol. The third-order valence-corrected chi connectivity index (χ3v) is 10.2. The predicted molar refractivity (Wildman–Crippen MR) is 217 cm³/mol. The summed E-state index contributed by atoms with van der Waals surface area (Å²) >= 11 is 0. The van der Waals surface area contributed by atoms with Gasteiger partial charge in [-0.3, -0.25) is 4.79 Å². The molecule has 0 aromatic heterocycles. The number of aliphatic hydroxyl groups is 8. The summed E-state index contributed by atoms with van der Waals surface area (Å²) in [5.74, 6) is -0.270. The minimum atomic E-state index is -1.79. The SMILES string of the molecule is CCCC/C=C\CCCCCCCC(=O)NC(COC1OC(CO)C(OC2OC(CO)C(O)C(O)C2O)C(O)C1O)C(O)/C=C/CC/C=C/CC/C=C/CCCC. The fourth-order valence-corrected chi connectivity index (χ4v) is 6.58.